The van der Waals surface area contributed by atoms with E-state index in [1.54, 1.807) is 0 Å². The van der Waals surface area contributed by atoms with Crippen LogP contribution in [-0.4, -0.2) is 5.66 Å². The molecule has 1 aliphatic carbocycles. The zero-order valence-corrected chi connectivity index (χ0v) is 11.6. The van der Waals surface area contributed by atoms with Crippen LogP contribution in [0.2, 0.25) is 0 Å². The van der Waals surface area contributed by atoms with E-state index in [0.717, 1.165) is 24.3 Å². The maximum Gasteiger partial charge on any atom is 0.0859 e. The second-order valence-corrected chi connectivity index (χ2v) is 6.13. The van der Waals surface area contributed by atoms with Gasteiger partial charge in [0.25, 0.3) is 0 Å². The summed E-state index contributed by atoms with van der Waals surface area (Å²) in [5.74, 6) is 1.01. The van der Waals surface area contributed by atoms with Crippen molar-refractivity contribution in [3.63, 3.8) is 0 Å². The van der Waals surface area contributed by atoms with Crippen LogP contribution in [0.4, 0.5) is 5.69 Å². The van der Waals surface area contributed by atoms with Gasteiger partial charge in [0.05, 0.1) is 5.66 Å². The van der Waals surface area contributed by atoms with E-state index >= 15 is 0 Å². The smallest absolute Gasteiger partial charge is 0.0859 e. The molecule has 0 saturated heterocycles. The molecule has 0 heterocycles. The zero-order chi connectivity index (χ0) is 13.1. The molecule has 3 heteroatoms. The molecule has 98 valence electrons. The predicted molar refractivity (Wildman–Crippen MR) is 82.2 cm³/mol. The fourth-order valence-electron chi connectivity index (χ4n) is 1.92. The molecule has 3 N–H and O–H groups in total. The Kier molecular flexibility index (Phi) is 3.49. The zero-order valence-electron chi connectivity index (χ0n) is 10.8. The van der Waals surface area contributed by atoms with Gasteiger partial charge in [-0.1, -0.05) is 30.3 Å². The number of rotatable bonds is 5. The van der Waals surface area contributed by atoms with E-state index in [9.17, 15) is 0 Å². The maximum atomic E-state index is 6.04. The lowest BCUT2D eigenvalue weighted by Crippen LogP contribution is -2.31. The molecule has 3 rings (SSSR count). The van der Waals surface area contributed by atoms with Crippen LogP contribution in [0, 0.1) is 0 Å². The van der Waals surface area contributed by atoms with Crippen molar-refractivity contribution in [1.82, 2.24) is 0 Å². The van der Waals surface area contributed by atoms with Gasteiger partial charge in [-0.25, -0.2) is 0 Å². The molecule has 0 atom stereocenters. The highest BCUT2D eigenvalue weighted by atomic mass is 32.2. The normalized spacial score (nSPS) is 16.1. The van der Waals surface area contributed by atoms with Crippen LogP contribution < -0.4 is 11.1 Å². The molecule has 0 bridgehead atoms. The van der Waals surface area contributed by atoms with Crippen molar-refractivity contribution < 1.29 is 0 Å². The van der Waals surface area contributed by atoms with Crippen LogP contribution in [0.25, 0.3) is 0 Å². The molecular weight excluding hydrogens is 252 g/mol. The van der Waals surface area contributed by atoms with E-state index in [1.165, 1.54) is 10.5 Å². The lowest BCUT2D eigenvalue weighted by Gasteiger charge is -2.13. The van der Waals surface area contributed by atoms with Gasteiger partial charge in [0.2, 0.25) is 0 Å². The van der Waals surface area contributed by atoms with Crippen molar-refractivity contribution in [2.45, 2.75) is 29.2 Å². The van der Waals surface area contributed by atoms with Crippen LogP contribution in [-0.2, 0) is 5.75 Å². The first-order valence-electron chi connectivity index (χ1n) is 6.57. The number of hydrogen-bond donors (Lipinski definition) is 2. The molecule has 2 aromatic rings. The minimum Gasteiger partial charge on any atom is -0.367 e. The van der Waals surface area contributed by atoms with Crippen molar-refractivity contribution in [2.75, 3.05) is 5.32 Å². The van der Waals surface area contributed by atoms with Gasteiger partial charge in [0, 0.05) is 16.3 Å². The van der Waals surface area contributed by atoms with E-state index in [-0.39, 0.29) is 5.66 Å². The lowest BCUT2D eigenvalue weighted by atomic mass is 10.2. The molecule has 1 saturated carbocycles. The summed E-state index contributed by atoms with van der Waals surface area (Å²) in [6.07, 6.45) is 2.13. The van der Waals surface area contributed by atoms with Crippen LogP contribution in [0.1, 0.15) is 18.4 Å². The Morgan fingerprint density at radius 2 is 1.68 bits per heavy atom. The first-order chi connectivity index (χ1) is 9.23. The van der Waals surface area contributed by atoms with Gasteiger partial charge < -0.3 is 11.1 Å². The highest BCUT2D eigenvalue weighted by Crippen LogP contribution is 2.33. The predicted octanol–water partition coefficient (Wildman–Crippen LogP) is 3.84. The molecule has 0 unspecified atom stereocenters. The largest absolute Gasteiger partial charge is 0.367 e. The molecule has 19 heavy (non-hydrogen) atoms. The third kappa shape index (κ3) is 3.52. The van der Waals surface area contributed by atoms with Gasteiger partial charge in [-0.2, -0.15) is 0 Å². The van der Waals surface area contributed by atoms with Crippen molar-refractivity contribution in [1.29, 1.82) is 0 Å². The molecule has 0 amide bonds. The maximum absolute atomic E-state index is 6.04. The first kappa shape index (κ1) is 12.6. The number of nitrogens with two attached hydrogens (primary N) is 1. The summed E-state index contributed by atoms with van der Waals surface area (Å²) in [5, 5.41) is 3.36. The second kappa shape index (κ2) is 5.27. The summed E-state index contributed by atoms with van der Waals surface area (Å²) in [6, 6.07) is 19.1. The van der Waals surface area contributed by atoms with Crippen molar-refractivity contribution in [2.24, 2.45) is 5.73 Å². The number of hydrogen-bond acceptors (Lipinski definition) is 3. The number of anilines is 1. The highest BCUT2D eigenvalue weighted by Gasteiger charge is 2.37. The van der Waals surface area contributed by atoms with Crippen LogP contribution in [0.3, 0.4) is 0 Å². The standard InChI is InChI=1S/C16H18N2S/c17-16(10-11-16)18-14-6-8-15(9-7-14)19-12-13-4-2-1-3-5-13/h1-9,18H,10-12,17H2. The van der Waals surface area contributed by atoms with E-state index in [2.05, 4.69) is 59.9 Å². The summed E-state index contributed by atoms with van der Waals surface area (Å²) in [7, 11) is 0. The second-order valence-electron chi connectivity index (χ2n) is 5.08. The third-order valence-corrected chi connectivity index (χ3v) is 4.37. The molecule has 2 nitrogen and oxygen atoms in total. The third-order valence-electron chi connectivity index (χ3n) is 3.28. The topological polar surface area (TPSA) is 38.0 Å². The number of thioether (sulfide) groups is 1. The first-order valence-corrected chi connectivity index (χ1v) is 7.56. The SMILES string of the molecule is NC1(Nc2ccc(SCc3ccccc3)cc2)CC1. The molecule has 0 radical (unpaired) electrons. The molecule has 1 fully saturated rings. The fourth-order valence-corrected chi connectivity index (χ4v) is 2.78. The summed E-state index contributed by atoms with van der Waals surface area (Å²) in [6.45, 7) is 0. The minimum atomic E-state index is -0.140. The van der Waals surface area contributed by atoms with Crippen molar-refractivity contribution in [3.05, 3.63) is 60.2 Å². The van der Waals surface area contributed by atoms with Crippen LogP contribution in [0.15, 0.2) is 59.5 Å². The number of nitrogens with one attached hydrogen (secondary N) is 1. The van der Waals surface area contributed by atoms with Crippen LogP contribution in [0.5, 0.6) is 0 Å². The van der Waals surface area contributed by atoms with Crippen molar-refractivity contribution >= 4 is 17.4 Å². The van der Waals surface area contributed by atoms with Gasteiger partial charge in [-0.3, -0.25) is 0 Å². The Hall–Kier alpha value is -1.45. The van der Waals surface area contributed by atoms with Crippen molar-refractivity contribution in [3.8, 4) is 0 Å². The highest BCUT2D eigenvalue weighted by molar-refractivity contribution is 7.98. The summed E-state index contributed by atoms with van der Waals surface area (Å²) >= 11 is 1.86. The van der Waals surface area contributed by atoms with Gasteiger partial charge in [0.15, 0.2) is 0 Å². The van der Waals surface area contributed by atoms with E-state index in [0.29, 0.717) is 0 Å². The van der Waals surface area contributed by atoms with Gasteiger partial charge in [-0.15, -0.1) is 11.8 Å². The average Bonchev–Trinajstić information content (AvgIpc) is 3.17. The Bertz CT molecular complexity index is 532. The fraction of sp³-hybridized carbons (Fsp3) is 0.250. The van der Waals surface area contributed by atoms with Crippen LogP contribution >= 0.6 is 11.8 Å². The van der Waals surface area contributed by atoms with E-state index in [1.807, 2.05) is 11.8 Å². The van der Waals surface area contributed by atoms with E-state index in [4.69, 9.17) is 5.73 Å². The molecule has 0 spiro atoms. The monoisotopic (exact) mass is 270 g/mol. The molecule has 0 aliphatic heterocycles. The quantitative estimate of drug-likeness (QED) is 0.640. The average molecular weight is 270 g/mol. The van der Waals surface area contributed by atoms with Gasteiger partial charge in [0.1, 0.15) is 0 Å². The summed E-state index contributed by atoms with van der Waals surface area (Å²) < 4.78 is 0. The molecular formula is C16H18N2S. The Balaban J connectivity index is 1.57. The Morgan fingerprint density at radius 1 is 1.00 bits per heavy atom. The summed E-state index contributed by atoms with van der Waals surface area (Å²) in [4.78, 5) is 1.29. The Labute approximate surface area is 118 Å². The Morgan fingerprint density at radius 3 is 2.32 bits per heavy atom. The molecule has 0 aromatic heterocycles. The van der Waals surface area contributed by atoms with Gasteiger partial charge >= 0.3 is 0 Å². The van der Waals surface area contributed by atoms with E-state index < -0.39 is 0 Å². The molecule has 1 aliphatic rings. The van der Waals surface area contributed by atoms with Gasteiger partial charge in [-0.05, 0) is 42.7 Å². The molecule has 2 aromatic carbocycles. The number of benzene rings is 2. The minimum absolute atomic E-state index is 0.140. The summed E-state index contributed by atoms with van der Waals surface area (Å²) in [5.41, 5.74) is 8.36. The lowest BCUT2D eigenvalue weighted by molar-refractivity contribution is 0.781.